The Morgan fingerprint density at radius 2 is 1.89 bits per heavy atom. The van der Waals surface area contributed by atoms with Crippen LogP contribution in [0.5, 0.6) is 0 Å². The van der Waals surface area contributed by atoms with Gasteiger partial charge in [0.25, 0.3) is 0 Å². The molecule has 2 aliphatic rings. The van der Waals surface area contributed by atoms with Gasteiger partial charge in [-0.3, -0.25) is 0 Å². The molecule has 1 unspecified atom stereocenters. The van der Waals surface area contributed by atoms with E-state index in [2.05, 4.69) is 0 Å². The highest BCUT2D eigenvalue weighted by Crippen LogP contribution is 2.28. The van der Waals surface area contributed by atoms with Crippen molar-refractivity contribution in [1.29, 1.82) is 0 Å². The van der Waals surface area contributed by atoms with Crippen molar-refractivity contribution in [1.82, 2.24) is 9.21 Å². The average molecular weight is 419 g/mol. The first-order chi connectivity index (χ1) is 12.5. The molecule has 0 saturated carbocycles. The van der Waals surface area contributed by atoms with Crippen LogP contribution in [0.4, 0.5) is 4.79 Å². The number of hydrogen-bond donors (Lipinski definition) is 0. The molecule has 1 fully saturated rings. The summed E-state index contributed by atoms with van der Waals surface area (Å²) in [4.78, 5) is 13.6. The molecule has 7 nitrogen and oxygen atoms in total. The van der Waals surface area contributed by atoms with Crippen molar-refractivity contribution < 1.29 is 22.7 Å². The minimum Gasteiger partial charge on any atom is -0.444 e. The molecule has 0 radical (unpaired) electrons. The van der Waals surface area contributed by atoms with E-state index in [1.807, 2.05) is 0 Å². The van der Waals surface area contributed by atoms with Crippen LogP contribution in [0, 0.1) is 0 Å². The van der Waals surface area contributed by atoms with Crippen molar-refractivity contribution in [3.05, 3.63) is 34.7 Å². The van der Waals surface area contributed by atoms with Crippen molar-refractivity contribution in [3.63, 3.8) is 0 Å². The van der Waals surface area contributed by atoms with Crippen LogP contribution in [0.2, 0.25) is 0 Å². The van der Waals surface area contributed by atoms with Gasteiger partial charge in [-0.25, -0.2) is 13.2 Å². The fraction of sp³-hybridized carbons (Fsp3) is 0.611. The van der Waals surface area contributed by atoms with Gasteiger partial charge in [0.1, 0.15) is 11.2 Å². The number of piperazine rings is 1. The molecule has 0 bridgehead atoms. The molecule has 0 aromatic carbocycles. The summed E-state index contributed by atoms with van der Waals surface area (Å²) in [5.41, 5.74) is -1.41. The Hall–Kier alpha value is -1.35. The first-order valence-electron chi connectivity index (χ1n) is 8.74. The first-order valence-corrected chi connectivity index (χ1v) is 10.6. The fourth-order valence-electron chi connectivity index (χ4n) is 2.70. The number of carbonyl (C=O) groups is 1. The van der Waals surface area contributed by atoms with Crippen LogP contribution < -0.4 is 0 Å². The highest BCUT2D eigenvalue weighted by molar-refractivity contribution is 7.92. The van der Waals surface area contributed by atoms with E-state index in [-0.39, 0.29) is 26.2 Å². The van der Waals surface area contributed by atoms with Gasteiger partial charge in [-0.05, 0) is 39.0 Å². The second kappa shape index (κ2) is 8.34. The number of allylic oxidation sites excluding steroid dienone is 2. The summed E-state index contributed by atoms with van der Waals surface area (Å²) in [6.45, 7) is 6.39. The van der Waals surface area contributed by atoms with Crippen LogP contribution in [-0.2, 0) is 19.5 Å². The smallest absolute Gasteiger partial charge is 0.410 e. The van der Waals surface area contributed by atoms with E-state index in [0.29, 0.717) is 11.5 Å². The maximum atomic E-state index is 12.6. The predicted molar refractivity (Wildman–Crippen MR) is 105 cm³/mol. The van der Waals surface area contributed by atoms with Crippen LogP contribution in [0.3, 0.4) is 0 Å². The van der Waals surface area contributed by atoms with Gasteiger partial charge in [-0.1, -0.05) is 17.7 Å². The molecule has 1 amide bonds. The molecule has 2 rings (SSSR count). The Labute approximate surface area is 166 Å². The molecule has 1 aliphatic heterocycles. The van der Waals surface area contributed by atoms with Gasteiger partial charge in [0, 0.05) is 50.1 Å². The topological polar surface area (TPSA) is 76.2 Å². The fourth-order valence-corrected chi connectivity index (χ4v) is 4.08. The Morgan fingerprint density at radius 1 is 1.26 bits per heavy atom. The zero-order valence-corrected chi connectivity index (χ0v) is 17.7. The number of sulfonamides is 1. The molecule has 9 heteroatoms. The van der Waals surface area contributed by atoms with E-state index in [1.54, 1.807) is 39.0 Å². The number of nitrogens with zero attached hydrogens (tertiary/aromatic N) is 2. The van der Waals surface area contributed by atoms with E-state index >= 15 is 0 Å². The van der Waals surface area contributed by atoms with Crippen molar-refractivity contribution in [2.24, 2.45) is 0 Å². The highest BCUT2D eigenvalue weighted by Gasteiger charge is 2.31. The lowest BCUT2D eigenvalue weighted by atomic mass is 9.95. The normalized spacial score (nSPS) is 24.9. The molecule has 1 atom stereocenters. The second-order valence-electron chi connectivity index (χ2n) is 7.50. The summed E-state index contributed by atoms with van der Waals surface area (Å²) in [6, 6.07) is 0. The van der Waals surface area contributed by atoms with E-state index in [0.717, 1.165) is 5.41 Å². The van der Waals surface area contributed by atoms with Crippen molar-refractivity contribution in [3.8, 4) is 0 Å². The molecule has 0 N–H and O–H groups in total. The van der Waals surface area contributed by atoms with Crippen LogP contribution in [-0.4, -0.2) is 68.2 Å². The zero-order valence-electron chi connectivity index (χ0n) is 16.1. The Bertz CT molecular complexity index is 746. The highest BCUT2D eigenvalue weighted by atomic mass is 35.5. The zero-order chi connectivity index (χ0) is 20.3. The molecule has 27 heavy (non-hydrogen) atoms. The van der Waals surface area contributed by atoms with E-state index in [4.69, 9.17) is 21.1 Å². The van der Waals surface area contributed by atoms with Crippen LogP contribution >= 0.6 is 11.6 Å². The van der Waals surface area contributed by atoms with Crippen LogP contribution in [0.25, 0.3) is 0 Å². The van der Waals surface area contributed by atoms with Gasteiger partial charge >= 0.3 is 6.09 Å². The molecule has 0 spiro atoms. The molecular formula is C18H27ClN2O5S. The molecule has 1 aliphatic carbocycles. The van der Waals surface area contributed by atoms with Gasteiger partial charge < -0.3 is 14.4 Å². The quantitative estimate of drug-likeness (QED) is 0.701. The van der Waals surface area contributed by atoms with Gasteiger partial charge in [0.05, 0.1) is 0 Å². The third kappa shape index (κ3) is 6.07. The predicted octanol–water partition coefficient (Wildman–Crippen LogP) is 2.85. The number of halogens is 1. The molecule has 0 aromatic rings. The number of amides is 1. The summed E-state index contributed by atoms with van der Waals surface area (Å²) in [5.74, 6) is 0. The van der Waals surface area contributed by atoms with Gasteiger partial charge in [-0.2, -0.15) is 4.31 Å². The second-order valence-corrected chi connectivity index (χ2v) is 9.75. The molecule has 0 aromatic heterocycles. The lowest BCUT2D eigenvalue weighted by Gasteiger charge is -2.34. The maximum Gasteiger partial charge on any atom is 0.410 e. The summed E-state index contributed by atoms with van der Waals surface area (Å²) in [7, 11) is -2.10. The standard InChI is InChI=1S/C18H27ClN2O5S/c1-17(2,3)26-16(22)20-10-12-21(13-11-20)27(23,24)14-9-18(25-4)7-5-15(19)6-8-18/h5-7,9,14H,8,10-13H2,1-4H3. The Kier molecular flexibility index (Phi) is 6.78. The van der Waals surface area contributed by atoms with Gasteiger partial charge in [0.2, 0.25) is 10.0 Å². The third-order valence-electron chi connectivity index (χ3n) is 4.29. The minimum atomic E-state index is -3.62. The van der Waals surface area contributed by atoms with E-state index in [9.17, 15) is 13.2 Å². The van der Waals surface area contributed by atoms with Crippen molar-refractivity contribution >= 4 is 27.7 Å². The number of carbonyl (C=O) groups excluding carboxylic acids is 1. The lowest BCUT2D eigenvalue weighted by Crippen LogP contribution is -2.51. The Balaban J connectivity index is 1.99. The lowest BCUT2D eigenvalue weighted by molar-refractivity contribution is 0.0193. The SMILES string of the molecule is COC1(C=CS(=O)(=O)N2CCN(C(=O)OC(C)(C)C)CC2)C=CC(Cl)=CC1. The van der Waals surface area contributed by atoms with Gasteiger partial charge in [-0.15, -0.1) is 0 Å². The van der Waals surface area contributed by atoms with Crippen LogP contribution in [0.1, 0.15) is 27.2 Å². The number of ether oxygens (including phenoxy) is 2. The first kappa shape index (κ1) is 21.9. The summed E-state index contributed by atoms with van der Waals surface area (Å²) in [6.07, 6.45) is 6.76. The van der Waals surface area contributed by atoms with Crippen molar-refractivity contribution in [2.45, 2.75) is 38.4 Å². The molecule has 152 valence electrons. The van der Waals surface area contributed by atoms with Crippen LogP contribution in [0.15, 0.2) is 34.7 Å². The maximum absolute atomic E-state index is 12.6. The average Bonchev–Trinajstić information content (AvgIpc) is 2.60. The molecular weight excluding hydrogens is 392 g/mol. The Morgan fingerprint density at radius 3 is 2.37 bits per heavy atom. The van der Waals surface area contributed by atoms with E-state index < -0.39 is 27.3 Å². The van der Waals surface area contributed by atoms with E-state index in [1.165, 1.54) is 22.4 Å². The third-order valence-corrected chi connectivity index (χ3v) is 6.14. The summed E-state index contributed by atoms with van der Waals surface area (Å²) >= 11 is 5.92. The summed E-state index contributed by atoms with van der Waals surface area (Å²) < 4.78 is 37.4. The molecule has 1 heterocycles. The number of hydrogen-bond acceptors (Lipinski definition) is 5. The monoisotopic (exact) mass is 418 g/mol. The largest absolute Gasteiger partial charge is 0.444 e. The number of methoxy groups -OCH3 is 1. The minimum absolute atomic E-state index is 0.216. The molecule has 1 saturated heterocycles. The van der Waals surface area contributed by atoms with Gasteiger partial charge in [0.15, 0.2) is 0 Å². The summed E-state index contributed by atoms with van der Waals surface area (Å²) in [5, 5.41) is 1.76. The number of rotatable bonds is 4. The van der Waals surface area contributed by atoms with Crippen molar-refractivity contribution in [2.75, 3.05) is 33.3 Å².